The third-order valence-corrected chi connectivity index (χ3v) is 6.85. The summed E-state index contributed by atoms with van der Waals surface area (Å²) in [6.45, 7) is 2.56. The lowest BCUT2D eigenvalue weighted by Gasteiger charge is -2.12. The average Bonchev–Trinajstić information content (AvgIpc) is 3.09. The van der Waals surface area contributed by atoms with E-state index in [9.17, 15) is 4.79 Å². The first-order chi connectivity index (χ1) is 14.9. The lowest BCUT2D eigenvalue weighted by molar-refractivity contribution is -0.129. The summed E-state index contributed by atoms with van der Waals surface area (Å²) < 4.78 is 14.2. The zero-order valence-corrected chi connectivity index (χ0v) is 22.3. The second-order valence-corrected chi connectivity index (χ2v) is 10.1. The van der Waals surface area contributed by atoms with Crippen molar-refractivity contribution in [3.8, 4) is 5.75 Å². The van der Waals surface area contributed by atoms with Gasteiger partial charge >= 0.3 is 5.97 Å². The van der Waals surface area contributed by atoms with E-state index in [0.29, 0.717) is 12.5 Å². The van der Waals surface area contributed by atoms with Gasteiger partial charge in [0.15, 0.2) is 5.70 Å². The molecule has 0 amide bonds. The minimum Gasteiger partial charge on any atom is -0.487 e. The normalized spacial score (nSPS) is 14.5. The molecule has 0 fully saturated rings. The predicted octanol–water partition coefficient (Wildman–Crippen LogP) is 6.89. The highest BCUT2D eigenvalue weighted by Gasteiger charge is 2.25. The highest BCUT2D eigenvalue weighted by Crippen LogP contribution is 2.31. The van der Waals surface area contributed by atoms with Gasteiger partial charge in [-0.25, -0.2) is 9.79 Å². The van der Waals surface area contributed by atoms with E-state index < -0.39 is 5.97 Å². The Hall–Kier alpha value is -1.72. The maximum absolute atomic E-state index is 12.3. The molecule has 1 aliphatic heterocycles. The van der Waals surface area contributed by atoms with Gasteiger partial charge in [-0.3, -0.25) is 0 Å². The Bertz CT molecular complexity index is 1200. The maximum atomic E-state index is 12.3. The lowest BCUT2D eigenvalue weighted by atomic mass is 10.1. The number of benzene rings is 3. The van der Waals surface area contributed by atoms with Crippen LogP contribution in [-0.4, -0.2) is 11.9 Å². The first-order valence-electron chi connectivity index (χ1n) is 9.35. The second-order valence-electron chi connectivity index (χ2n) is 6.90. The number of hydrogen-bond donors (Lipinski definition) is 0. The number of halogens is 3. The van der Waals surface area contributed by atoms with Crippen molar-refractivity contribution in [3.05, 3.63) is 100 Å². The number of esters is 1. The van der Waals surface area contributed by atoms with Crippen LogP contribution in [0.25, 0.3) is 6.08 Å². The molecule has 4 rings (SSSR count). The molecule has 0 saturated heterocycles. The van der Waals surface area contributed by atoms with E-state index in [1.807, 2.05) is 36.4 Å². The van der Waals surface area contributed by atoms with E-state index in [1.165, 1.54) is 5.56 Å². The average molecular weight is 700 g/mol. The predicted molar refractivity (Wildman–Crippen MR) is 142 cm³/mol. The van der Waals surface area contributed by atoms with Crippen LogP contribution in [0.4, 0.5) is 0 Å². The molecule has 7 heteroatoms. The van der Waals surface area contributed by atoms with Gasteiger partial charge in [-0.1, -0.05) is 42.0 Å². The Balaban J connectivity index is 1.56. The number of aliphatic imine (C=N–C) groups is 1. The van der Waals surface area contributed by atoms with Crippen molar-refractivity contribution in [2.45, 2.75) is 13.5 Å². The van der Waals surface area contributed by atoms with Gasteiger partial charge in [0.2, 0.25) is 5.90 Å². The zero-order valence-electron chi connectivity index (χ0n) is 16.4. The van der Waals surface area contributed by atoms with E-state index in [-0.39, 0.29) is 5.70 Å². The molecule has 0 N–H and O–H groups in total. The van der Waals surface area contributed by atoms with Gasteiger partial charge in [0.1, 0.15) is 12.4 Å². The minimum absolute atomic E-state index is 0.269. The van der Waals surface area contributed by atoms with E-state index in [2.05, 4.69) is 97.3 Å². The molecule has 0 saturated carbocycles. The molecular weight excluding hydrogens is 684 g/mol. The number of ether oxygens (including phenoxy) is 2. The minimum atomic E-state index is -0.463. The quantitative estimate of drug-likeness (QED) is 0.166. The van der Waals surface area contributed by atoms with Crippen LogP contribution in [-0.2, 0) is 16.1 Å². The molecule has 0 spiro atoms. The van der Waals surface area contributed by atoms with E-state index in [0.717, 1.165) is 34.1 Å². The van der Waals surface area contributed by atoms with Crippen molar-refractivity contribution < 1.29 is 14.3 Å². The van der Waals surface area contributed by atoms with Crippen molar-refractivity contribution in [2.75, 3.05) is 0 Å². The van der Waals surface area contributed by atoms with Gasteiger partial charge in [-0.2, -0.15) is 0 Å². The van der Waals surface area contributed by atoms with Crippen molar-refractivity contribution in [3.63, 3.8) is 0 Å². The molecule has 0 radical (unpaired) electrons. The Morgan fingerprint density at radius 1 is 1.06 bits per heavy atom. The number of nitrogens with zero attached hydrogens (tertiary/aromatic N) is 1. The van der Waals surface area contributed by atoms with Gasteiger partial charge < -0.3 is 9.47 Å². The van der Waals surface area contributed by atoms with E-state index in [1.54, 1.807) is 6.08 Å². The first kappa shape index (κ1) is 22.5. The van der Waals surface area contributed by atoms with Gasteiger partial charge in [0, 0.05) is 4.47 Å². The van der Waals surface area contributed by atoms with Crippen molar-refractivity contribution in [1.29, 1.82) is 0 Å². The summed E-state index contributed by atoms with van der Waals surface area (Å²) in [5.41, 5.74) is 4.21. The highest BCUT2D eigenvalue weighted by molar-refractivity contribution is 14.1. The monoisotopic (exact) mass is 699 g/mol. The largest absolute Gasteiger partial charge is 0.487 e. The maximum Gasteiger partial charge on any atom is 0.363 e. The fourth-order valence-electron chi connectivity index (χ4n) is 2.96. The molecule has 156 valence electrons. The molecule has 0 unspecified atom stereocenters. The molecular formula is C24H16BrI2NO3. The molecule has 1 aliphatic rings. The Labute approximate surface area is 216 Å². The molecule has 31 heavy (non-hydrogen) atoms. The molecule has 4 nitrogen and oxygen atoms in total. The number of cyclic esters (lactones) is 1. The molecule has 3 aromatic rings. The summed E-state index contributed by atoms with van der Waals surface area (Å²) >= 11 is 7.97. The molecule has 0 bridgehead atoms. The zero-order chi connectivity index (χ0) is 22.0. The summed E-state index contributed by atoms with van der Waals surface area (Å²) in [4.78, 5) is 16.7. The topological polar surface area (TPSA) is 47.9 Å². The first-order valence-corrected chi connectivity index (χ1v) is 12.3. The SMILES string of the molecule is Cc1ccc(COc2c(I)cc(/C=C3\N=C(c4ccccc4Br)OC3=O)cc2I)cc1. The van der Waals surface area contributed by atoms with Crippen LogP contribution in [0.2, 0.25) is 0 Å². The Morgan fingerprint density at radius 2 is 1.74 bits per heavy atom. The van der Waals surface area contributed by atoms with Crippen LogP contribution in [0.5, 0.6) is 5.75 Å². The third kappa shape index (κ3) is 5.38. The summed E-state index contributed by atoms with van der Waals surface area (Å²) in [7, 11) is 0. The van der Waals surface area contributed by atoms with Crippen LogP contribution in [0.15, 0.2) is 75.8 Å². The molecule has 0 aliphatic carbocycles. The standard InChI is InChI=1S/C24H16BrI2NO3/c1-14-6-8-15(9-7-14)13-30-22-19(26)10-16(11-20(22)27)12-21-24(29)31-23(28-21)17-4-2-3-5-18(17)25/h2-12H,13H2,1H3/b21-12-. The number of carbonyl (C=O) groups is 1. The summed E-state index contributed by atoms with van der Waals surface area (Å²) in [6.07, 6.45) is 1.74. The van der Waals surface area contributed by atoms with E-state index in [4.69, 9.17) is 9.47 Å². The molecule has 0 atom stereocenters. The second kappa shape index (κ2) is 9.83. The van der Waals surface area contributed by atoms with Crippen molar-refractivity contribution >= 4 is 79.1 Å². The van der Waals surface area contributed by atoms with Crippen LogP contribution >= 0.6 is 61.1 Å². The van der Waals surface area contributed by atoms with Gasteiger partial charge in [-0.15, -0.1) is 0 Å². The summed E-state index contributed by atoms with van der Waals surface area (Å²) in [6, 6.07) is 19.7. The van der Waals surface area contributed by atoms with Crippen LogP contribution in [0.1, 0.15) is 22.3 Å². The number of carbonyl (C=O) groups excluding carboxylic acids is 1. The molecule has 3 aromatic carbocycles. The van der Waals surface area contributed by atoms with Crippen molar-refractivity contribution in [2.24, 2.45) is 4.99 Å². The Morgan fingerprint density at radius 3 is 2.42 bits per heavy atom. The summed E-state index contributed by atoms with van der Waals surface area (Å²) in [5.74, 6) is 0.664. The van der Waals surface area contributed by atoms with E-state index >= 15 is 0 Å². The third-order valence-electron chi connectivity index (χ3n) is 4.55. The van der Waals surface area contributed by atoms with Crippen molar-refractivity contribution in [1.82, 2.24) is 0 Å². The van der Waals surface area contributed by atoms with Crippen LogP contribution in [0, 0.1) is 14.1 Å². The number of aryl methyl sites for hydroxylation is 1. The van der Waals surface area contributed by atoms with Gasteiger partial charge in [-0.05, 0) is 110 Å². The van der Waals surface area contributed by atoms with Crippen LogP contribution < -0.4 is 4.74 Å². The lowest BCUT2D eigenvalue weighted by Crippen LogP contribution is -2.05. The number of hydrogen-bond acceptors (Lipinski definition) is 4. The fraction of sp³-hybridized carbons (Fsp3) is 0.0833. The van der Waals surface area contributed by atoms with Crippen LogP contribution in [0.3, 0.4) is 0 Å². The molecule has 1 heterocycles. The number of rotatable bonds is 5. The molecule has 0 aromatic heterocycles. The van der Waals surface area contributed by atoms with Gasteiger partial charge in [0.25, 0.3) is 0 Å². The smallest absolute Gasteiger partial charge is 0.363 e. The van der Waals surface area contributed by atoms with Gasteiger partial charge in [0.05, 0.1) is 12.7 Å². The Kier molecular flexibility index (Phi) is 7.12. The summed E-state index contributed by atoms with van der Waals surface area (Å²) in [5, 5.41) is 0. The fourth-order valence-corrected chi connectivity index (χ4v) is 5.54. The highest BCUT2D eigenvalue weighted by atomic mass is 127.